The van der Waals surface area contributed by atoms with Gasteiger partial charge in [-0.2, -0.15) is 0 Å². The Morgan fingerprint density at radius 3 is 2.29 bits per heavy atom. The summed E-state index contributed by atoms with van der Waals surface area (Å²) >= 11 is 0. The van der Waals surface area contributed by atoms with Crippen LogP contribution >= 0.6 is 0 Å². The second-order valence-corrected chi connectivity index (χ2v) is 5.45. The lowest BCUT2D eigenvalue weighted by molar-refractivity contribution is -0.921. The van der Waals surface area contributed by atoms with Crippen LogP contribution in [0.1, 0.15) is 22.7 Å². The highest BCUT2D eigenvalue weighted by Crippen LogP contribution is 2.41. The van der Waals surface area contributed by atoms with Crippen LogP contribution < -0.4 is 0 Å². The summed E-state index contributed by atoms with van der Waals surface area (Å²) in [6.07, 6.45) is 0. The van der Waals surface area contributed by atoms with Gasteiger partial charge < -0.3 is 4.48 Å². The smallest absolute Gasteiger partial charge is 0.141 e. The molecule has 86 valence electrons. The number of hydrogen-bond acceptors (Lipinski definition) is 0. The van der Waals surface area contributed by atoms with Gasteiger partial charge in [0.05, 0.1) is 14.1 Å². The maximum atomic E-state index is 2.32. The molecule has 2 aromatic rings. The Morgan fingerprint density at radius 1 is 0.882 bits per heavy atom. The van der Waals surface area contributed by atoms with Crippen LogP contribution in [-0.4, -0.2) is 18.6 Å². The van der Waals surface area contributed by atoms with E-state index in [1.54, 1.807) is 0 Å². The average Bonchev–Trinajstić information content (AvgIpc) is 2.60. The number of rotatable bonds is 1. The first-order valence-corrected chi connectivity index (χ1v) is 6.14. The molecule has 17 heavy (non-hydrogen) atoms. The first kappa shape index (κ1) is 10.5. The Kier molecular flexibility index (Phi) is 2.30. The normalized spacial score (nSPS) is 21.2. The SMILES string of the molecule is C[N+]1(C)Cc2ccccc2C1c1ccccc1. The highest BCUT2D eigenvalue weighted by Gasteiger charge is 2.39. The van der Waals surface area contributed by atoms with Crippen LogP contribution in [0.4, 0.5) is 0 Å². The molecule has 0 fully saturated rings. The van der Waals surface area contributed by atoms with Gasteiger partial charge in [0.15, 0.2) is 0 Å². The largest absolute Gasteiger partial charge is 0.315 e. The van der Waals surface area contributed by atoms with E-state index < -0.39 is 0 Å². The van der Waals surface area contributed by atoms with Gasteiger partial charge in [0.2, 0.25) is 0 Å². The molecule has 0 amide bonds. The molecule has 3 rings (SSSR count). The quantitative estimate of drug-likeness (QED) is 0.652. The topological polar surface area (TPSA) is 0 Å². The molecular formula is C16H18N+. The summed E-state index contributed by atoms with van der Waals surface area (Å²) < 4.78 is 1.02. The lowest BCUT2D eigenvalue weighted by atomic mass is 9.97. The van der Waals surface area contributed by atoms with E-state index in [-0.39, 0.29) is 0 Å². The Morgan fingerprint density at radius 2 is 1.53 bits per heavy atom. The molecule has 0 aromatic heterocycles. The van der Waals surface area contributed by atoms with Crippen molar-refractivity contribution in [3.63, 3.8) is 0 Å². The third kappa shape index (κ3) is 1.67. The van der Waals surface area contributed by atoms with Gasteiger partial charge in [-0.25, -0.2) is 0 Å². The predicted molar refractivity (Wildman–Crippen MR) is 70.5 cm³/mol. The summed E-state index contributed by atoms with van der Waals surface area (Å²) in [6.45, 7) is 1.12. The molecule has 0 radical (unpaired) electrons. The second-order valence-electron chi connectivity index (χ2n) is 5.45. The number of fused-ring (bicyclic) bond motifs is 1. The maximum Gasteiger partial charge on any atom is 0.141 e. The minimum Gasteiger partial charge on any atom is -0.315 e. The van der Waals surface area contributed by atoms with Crippen LogP contribution in [0.25, 0.3) is 0 Å². The molecule has 1 heteroatoms. The summed E-state index contributed by atoms with van der Waals surface area (Å²) in [5, 5.41) is 0. The minimum atomic E-state index is 0.479. The van der Waals surface area contributed by atoms with Gasteiger partial charge in [-0.15, -0.1) is 0 Å². The molecule has 0 bridgehead atoms. The number of nitrogens with zero attached hydrogens (tertiary/aromatic N) is 1. The minimum absolute atomic E-state index is 0.479. The zero-order valence-electron chi connectivity index (χ0n) is 10.4. The Balaban J connectivity index is 2.15. The van der Waals surface area contributed by atoms with Crippen molar-refractivity contribution in [2.24, 2.45) is 0 Å². The Bertz CT molecular complexity index is 528. The number of benzene rings is 2. The van der Waals surface area contributed by atoms with E-state index in [0.717, 1.165) is 11.0 Å². The zero-order chi connectivity index (χ0) is 11.9. The van der Waals surface area contributed by atoms with Crippen LogP contribution in [0.15, 0.2) is 54.6 Å². The fourth-order valence-corrected chi connectivity index (χ4v) is 3.07. The van der Waals surface area contributed by atoms with Gasteiger partial charge in [-0.3, -0.25) is 0 Å². The predicted octanol–water partition coefficient (Wildman–Crippen LogP) is 3.37. The van der Waals surface area contributed by atoms with E-state index in [1.165, 1.54) is 16.7 Å². The molecule has 0 saturated heterocycles. The highest BCUT2D eigenvalue weighted by molar-refractivity contribution is 5.38. The van der Waals surface area contributed by atoms with Crippen molar-refractivity contribution in [2.75, 3.05) is 14.1 Å². The molecule has 1 heterocycles. The molecule has 1 atom stereocenters. The van der Waals surface area contributed by atoms with Crippen LogP contribution in [0.2, 0.25) is 0 Å². The van der Waals surface area contributed by atoms with Gasteiger partial charge >= 0.3 is 0 Å². The van der Waals surface area contributed by atoms with Crippen molar-refractivity contribution < 1.29 is 4.48 Å². The van der Waals surface area contributed by atoms with Crippen molar-refractivity contribution in [3.05, 3.63) is 71.3 Å². The Hall–Kier alpha value is -1.60. The summed E-state index contributed by atoms with van der Waals surface area (Å²) in [4.78, 5) is 0. The van der Waals surface area contributed by atoms with Crippen LogP contribution in [0, 0.1) is 0 Å². The zero-order valence-corrected chi connectivity index (χ0v) is 10.4. The molecule has 2 aromatic carbocycles. The molecule has 1 unspecified atom stereocenters. The summed E-state index contributed by atoms with van der Waals surface area (Å²) in [5.74, 6) is 0. The first-order chi connectivity index (χ1) is 8.18. The second kappa shape index (κ2) is 3.71. The number of quaternary nitrogens is 1. The molecule has 1 aliphatic rings. The van der Waals surface area contributed by atoms with E-state index in [9.17, 15) is 0 Å². The molecule has 1 nitrogen and oxygen atoms in total. The average molecular weight is 224 g/mol. The van der Waals surface area contributed by atoms with E-state index in [4.69, 9.17) is 0 Å². The van der Waals surface area contributed by atoms with E-state index in [1.807, 2.05) is 0 Å². The van der Waals surface area contributed by atoms with Gasteiger partial charge in [0.25, 0.3) is 0 Å². The lowest BCUT2D eigenvalue weighted by Gasteiger charge is -2.32. The van der Waals surface area contributed by atoms with Crippen molar-refractivity contribution in [1.82, 2.24) is 0 Å². The molecule has 0 saturated carbocycles. The molecular weight excluding hydrogens is 206 g/mol. The first-order valence-electron chi connectivity index (χ1n) is 6.14. The van der Waals surface area contributed by atoms with E-state index in [0.29, 0.717) is 6.04 Å². The van der Waals surface area contributed by atoms with Gasteiger partial charge in [0.1, 0.15) is 12.6 Å². The summed E-state index contributed by atoms with van der Waals surface area (Å²) in [5.41, 5.74) is 4.40. The van der Waals surface area contributed by atoms with Crippen molar-refractivity contribution in [1.29, 1.82) is 0 Å². The maximum absolute atomic E-state index is 2.32. The molecule has 0 spiro atoms. The monoisotopic (exact) mass is 224 g/mol. The molecule has 0 aliphatic carbocycles. The summed E-state index contributed by atoms with van der Waals surface area (Å²) in [7, 11) is 4.63. The third-order valence-corrected chi connectivity index (χ3v) is 3.74. The van der Waals surface area contributed by atoms with Crippen LogP contribution in [0.3, 0.4) is 0 Å². The van der Waals surface area contributed by atoms with Crippen molar-refractivity contribution >= 4 is 0 Å². The molecule has 0 N–H and O–H groups in total. The highest BCUT2D eigenvalue weighted by atomic mass is 15.3. The molecule has 1 aliphatic heterocycles. The van der Waals surface area contributed by atoms with Crippen LogP contribution in [-0.2, 0) is 6.54 Å². The number of hydrogen-bond donors (Lipinski definition) is 0. The van der Waals surface area contributed by atoms with Crippen LogP contribution in [0.5, 0.6) is 0 Å². The fourth-order valence-electron chi connectivity index (χ4n) is 3.07. The standard InChI is InChI=1S/C16H18N/c1-17(2)12-14-10-6-7-11-15(14)16(17)13-8-4-3-5-9-13/h3-11,16H,12H2,1-2H3/q+1. The van der Waals surface area contributed by atoms with Crippen molar-refractivity contribution in [3.8, 4) is 0 Å². The van der Waals surface area contributed by atoms with E-state index >= 15 is 0 Å². The fraction of sp³-hybridized carbons (Fsp3) is 0.250. The lowest BCUT2D eigenvalue weighted by Crippen LogP contribution is -2.37. The summed E-state index contributed by atoms with van der Waals surface area (Å²) in [6, 6.07) is 20.2. The van der Waals surface area contributed by atoms with Crippen molar-refractivity contribution in [2.45, 2.75) is 12.6 Å². The van der Waals surface area contributed by atoms with Gasteiger partial charge in [-0.05, 0) is 0 Å². The van der Waals surface area contributed by atoms with Gasteiger partial charge in [-0.1, -0.05) is 54.6 Å². The third-order valence-electron chi connectivity index (χ3n) is 3.74. The van der Waals surface area contributed by atoms with Gasteiger partial charge in [0, 0.05) is 16.7 Å². The van der Waals surface area contributed by atoms with E-state index in [2.05, 4.69) is 68.7 Å². The Labute approximate surface area is 103 Å².